The zero-order chi connectivity index (χ0) is 13.4. The summed E-state index contributed by atoms with van der Waals surface area (Å²) in [5.74, 6) is 0.260. The Hall–Kier alpha value is -0.130. The first-order valence-electron chi connectivity index (χ1n) is 7.27. The molecule has 4 nitrogen and oxygen atoms in total. The largest absolute Gasteiger partial charge is 0.314 e. The fraction of sp³-hybridized carbons (Fsp3) is 1.00. The van der Waals surface area contributed by atoms with Crippen molar-refractivity contribution in [2.45, 2.75) is 70.9 Å². The Morgan fingerprint density at radius 3 is 2.56 bits per heavy atom. The Kier molecular flexibility index (Phi) is 7.19. The first-order chi connectivity index (χ1) is 8.53. The second kappa shape index (κ2) is 8.12. The molecule has 0 aromatic rings. The minimum absolute atomic E-state index is 0.0690. The van der Waals surface area contributed by atoms with Crippen molar-refractivity contribution in [1.29, 1.82) is 0 Å². The normalized spacial score (nSPS) is 17.9. The average molecular weight is 276 g/mol. The van der Waals surface area contributed by atoms with Crippen LogP contribution in [0.4, 0.5) is 0 Å². The molecular weight excluding hydrogens is 248 g/mol. The van der Waals surface area contributed by atoms with Crippen molar-refractivity contribution < 1.29 is 8.42 Å². The number of hydrogen-bond donors (Lipinski definition) is 2. The van der Waals surface area contributed by atoms with Crippen LogP contribution in [0.2, 0.25) is 0 Å². The molecule has 108 valence electrons. The Bertz CT molecular complexity index is 313. The van der Waals surface area contributed by atoms with E-state index in [2.05, 4.69) is 17.0 Å². The minimum Gasteiger partial charge on any atom is -0.314 e. The van der Waals surface area contributed by atoms with Gasteiger partial charge in [0.2, 0.25) is 10.0 Å². The maximum absolute atomic E-state index is 11.8. The lowest BCUT2D eigenvalue weighted by Crippen LogP contribution is -2.34. The first-order valence-corrected chi connectivity index (χ1v) is 8.92. The first kappa shape index (κ1) is 15.9. The van der Waals surface area contributed by atoms with Crippen molar-refractivity contribution in [1.82, 2.24) is 10.0 Å². The number of sulfonamides is 1. The zero-order valence-electron chi connectivity index (χ0n) is 11.7. The maximum atomic E-state index is 11.8. The van der Waals surface area contributed by atoms with Crippen molar-refractivity contribution in [2.75, 3.05) is 12.3 Å². The van der Waals surface area contributed by atoms with E-state index in [9.17, 15) is 8.42 Å². The Morgan fingerprint density at radius 2 is 1.94 bits per heavy atom. The summed E-state index contributed by atoms with van der Waals surface area (Å²) in [5, 5.41) is 3.40. The van der Waals surface area contributed by atoms with Gasteiger partial charge in [-0.25, -0.2) is 13.1 Å². The third-order valence-corrected chi connectivity index (χ3v) is 4.81. The van der Waals surface area contributed by atoms with Crippen LogP contribution in [0, 0.1) is 0 Å². The van der Waals surface area contributed by atoms with E-state index in [1.165, 1.54) is 12.8 Å². The summed E-state index contributed by atoms with van der Waals surface area (Å²) >= 11 is 0. The van der Waals surface area contributed by atoms with Crippen molar-refractivity contribution >= 4 is 10.0 Å². The van der Waals surface area contributed by atoms with Crippen LogP contribution in [-0.4, -0.2) is 32.8 Å². The second-order valence-electron chi connectivity index (χ2n) is 5.42. The van der Waals surface area contributed by atoms with Gasteiger partial charge in [0.25, 0.3) is 0 Å². The SMILES string of the molecule is CCCCC(C)NS(=O)(=O)CCCCNC1CC1. The molecule has 0 aliphatic heterocycles. The molecule has 1 aliphatic carbocycles. The van der Waals surface area contributed by atoms with E-state index in [0.717, 1.165) is 38.6 Å². The molecule has 1 rings (SSSR count). The highest BCUT2D eigenvalue weighted by molar-refractivity contribution is 7.89. The van der Waals surface area contributed by atoms with Gasteiger partial charge >= 0.3 is 0 Å². The summed E-state index contributed by atoms with van der Waals surface area (Å²) in [6, 6.07) is 0.785. The van der Waals surface area contributed by atoms with E-state index in [1.54, 1.807) is 0 Å². The van der Waals surface area contributed by atoms with Crippen LogP contribution in [0.1, 0.15) is 58.8 Å². The van der Waals surface area contributed by atoms with Crippen LogP contribution in [0.25, 0.3) is 0 Å². The van der Waals surface area contributed by atoms with Gasteiger partial charge in [-0.1, -0.05) is 19.8 Å². The molecule has 1 atom stereocenters. The molecule has 5 heteroatoms. The summed E-state index contributed by atoms with van der Waals surface area (Å²) in [6.07, 6.45) is 7.38. The molecule has 18 heavy (non-hydrogen) atoms. The van der Waals surface area contributed by atoms with Crippen LogP contribution in [0.5, 0.6) is 0 Å². The Balaban J connectivity index is 2.05. The van der Waals surface area contributed by atoms with Gasteiger partial charge in [-0.05, 0) is 45.6 Å². The Labute approximate surface area is 112 Å². The average Bonchev–Trinajstić information content (AvgIpc) is 3.09. The monoisotopic (exact) mass is 276 g/mol. The summed E-state index contributed by atoms with van der Waals surface area (Å²) in [7, 11) is -3.07. The van der Waals surface area contributed by atoms with Gasteiger partial charge in [0.1, 0.15) is 0 Å². The smallest absolute Gasteiger partial charge is 0.211 e. The van der Waals surface area contributed by atoms with Gasteiger partial charge in [0.15, 0.2) is 0 Å². The molecule has 0 radical (unpaired) electrons. The number of rotatable bonds is 11. The molecule has 0 bridgehead atoms. The highest BCUT2D eigenvalue weighted by Crippen LogP contribution is 2.18. The molecule has 0 amide bonds. The van der Waals surface area contributed by atoms with E-state index < -0.39 is 10.0 Å². The molecular formula is C13H28N2O2S. The number of hydrogen-bond acceptors (Lipinski definition) is 3. The summed E-state index contributed by atoms with van der Waals surface area (Å²) in [6.45, 7) is 5.02. The summed E-state index contributed by atoms with van der Waals surface area (Å²) in [5.41, 5.74) is 0. The van der Waals surface area contributed by atoms with Gasteiger partial charge in [-0.2, -0.15) is 0 Å². The van der Waals surface area contributed by atoms with Crippen molar-refractivity contribution in [3.05, 3.63) is 0 Å². The third-order valence-electron chi connectivity index (χ3n) is 3.22. The molecule has 0 saturated heterocycles. The predicted octanol–water partition coefficient (Wildman–Crippen LogP) is 2.02. The molecule has 1 saturated carbocycles. The maximum Gasteiger partial charge on any atom is 0.211 e. The van der Waals surface area contributed by atoms with E-state index in [4.69, 9.17) is 0 Å². The van der Waals surface area contributed by atoms with Gasteiger partial charge < -0.3 is 5.32 Å². The molecule has 1 fully saturated rings. The van der Waals surface area contributed by atoms with Gasteiger partial charge in [0.05, 0.1) is 5.75 Å². The lowest BCUT2D eigenvalue weighted by molar-refractivity contribution is 0.530. The summed E-state index contributed by atoms with van der Waals surface area (Å²) < 4.78 is 26.3. The van der Waals surface area contributed by atoms with Crippen LogP contribution in [0.15, 0.2) is 0 Å². The predicted molar refractivity (Wildman–Crippen MR) is 76.2 cm³/mol. The second-order valence-corrected chi connectivity index (χ2v) is 7.29. The molecule has 0 aromatic carbocycles. The van der Waals surface area contributed by atoms with Gasteiger partial charge in [0, 0.05) is 12.1 Å². The molecule has 0 aromatic heterocycles. The standard InChI is InChI=1S/C13H28N2O2S/c1-3-4-7-12(2)15-18(16,17)11-6-5-10-14-13-8-9-13/h12-15H,3-11H2,1-2H3. The van der Waals surface area contributed by atoms with Crippen LogP contribution in [-0.2, 0) is 10.0 Å². The molecule has 1 unspecified atom stereocenters. The van der Waals surface area contributed by atoms with Crippen molar-refractivity contribution in [3.8, 4) is 0 Å². The molecule has 2 N–H and O–H groups in total. The molecule has 0 spiro atoms. The molecule has 0 heterocycles. The fourth-order valence-corrected chi connectivity index (χ4v) is 3.38. The quantitative estimate of drug-likeness (QED) is 0.568. The highest BCUT2D eigenvalue weighted by Gasteiger charge is 2.19. The van der Waals surface area contributed by atoms with Gasteiger partial charge in [-0.3, -0.25) is 0 Å². The number of nitrogens with one attached hydrogen (secondary N) is 2. The minimum atomic E-state index is -3.07. The summed E-state index contributed by atoms with van der Waals surface area (Å²) in [4.78, 5) is 0. The van der Waals surface area contributed by atoms with Crippen molar-refractivity contribution in [3.63, 3.8) is 0 Å². The van der Waals surface area contributed by atoms with E-state index in [0.29, 0.717) is 6.04 Å². The van der Waals surface area contributed by atoms with Crippen LogP contribution >= 0.6 is 0 Å². The van der Waals surface area contributed by atoms with Crippen LogP contribution in [0.3, 0.4) is 0 Å². The van der Waals surface area contributed by atoms with Crippen molar-refractivity contribution in [2.24, 2.45) is 0 Å². The highest BCUT2D eigenvalue weighted by atomic mass is 32.2. The third kappa shape index (κ3) is 8.06. The van der Waals surface area contributed by atoms with E-state index >= 15 is 0 Å². The Morgan fingerprint density at radius 1 is 1.22 bits per heavy atom. The van der Waals surface area contributed by atoms with E-state index in [1.807, 2.05) is 6.92 Å². The molecule has 1 aliphatic rings. The zero-order valence-corrected chi connectivity index (χ0v) is 12.6. The van der Waals surface area contributed by atoms with Gasteiger partial charge in [-0.15, -0.1) is 0 Å². The van der Waals surface area contributed by atoms with E-state index in [-0.39, 0.29) is 11.8 Å². The number of unbranched alkanes of at least 4 members (excludes halogenated alkanes) is 2. The topological polar surface area (TPSA) is 58.2 Å². The fourth-order valence-electron chi connectivity index (χ4n) is 1.95. The lowest BCUT2D eigenvalue weighted by atomic mass is 10.2. The lowest BCUT2D eigenvalue weighted by Gasteiger charge is -2.13. The van der Waals surface area contributed by atoms with Crippen LogP contribution < -0.4 is 10.0 Å².